The first-order chi connectivity index (χ1) is 9.02. The van der Waals surface area contributed by atoms with Gasteiger partial charge in [-0.25, -0.2) is 4.57 Å². The van der Waals surface area contributed by atoms with Gasteiger partial charge < -0.3 is 4.89 Å². The molecule has 116 valence electrons. The van der Waals surface area contributed by atoms with Gasteiger partial charge in [0.05, 0.1) is 12.7 Å². The standard InChI is InChI=1S/C14H31O4P/c1-4-6-7-8-9-10-11-12-13-14(3)18-19(15,16)17-5-2/h14H,4-13H2,1-3H3,(H,15,16). The molecule has 0 aliphatic rings. The minimum atomic E-state index is -3.82. The predicted molar refractivity (Wildman–Crippen MR) is 79.2 cm³/mol. The first kappa shape index (κ1) is 19.1. The third kappa shape index (κ3) is 12.9. The molecule has 0 rings (SSSR count). The van der Waals surface area contributed by atoms with Crippen molar-refractivity contribution in [3.8, 4) is 0 Å². The molecule has 4 nitrogen and oxygen atoms in total. The zero-order valence-corrected chi connectivity index (χ0v) is 13.7. The van der Waals surface area contributed by atoms with E-state index in [1.165, 1.54) is 44.9 Å². The van der Waals surface area contributed by atoms with Crippen molar-refractivity contribution >= 4 is 7.82 Å². The van der Waals surface area contributed by atoms with Crippen LogP contribution in [0.5, 0.6) is 0 Å². The topological polar surface area (TPSA) is 55.8 Å². The Morgan fingerprint density at radius 3 is 2.05 bits per heavy atom. The van der Waals surface area contributed by atoms with Crippen molar-refractivity contribution in [2.75, 3.05) is 6.61 Å². The number of phosphoric acid groups is 1. The fourth-order valence-corrected chi connectivity index (χ4v) is 2.99. The van der Waals surface area contributed by atoms with Crippen LogP contribution >= 0.6 is 7.82 Å². The molecule has 0 fully saturated rings. The number of hydrogen-bond donors (Lipinski definition) is 1. The maximum Gasteiger partial charge on any atom is 0.472 e. The van der Waals surface area contributed by atoms with E-state index in [9.17, 15) is 9.46 Å². The normalized spacial score (nSPS) is 16.2. The second-order valence-corrected chi connectivity index (χ2v) is 6.47. The first-order valence-corrected chi connectivity index (χ1v) is 9.17. The van der Waals surface area contributed by atoms with Crippen LogP contribution in [0.15, 0.2) is 0 Å². The van der Waals surface area contributed by atoms with Gasteiger partial charge in [0.1, 0.15) is 0 Å². The molecule has 0 aliphatic heterocycles. The van der Waals surface area contributed by atoms with Crippen LogP contribution in [0.25, 0.3) is 0 Å². The summed E-state index contributed by atoms with van der Waals surface area (Å²) in [6, 6.07) is 0. The van der Waals surface area contributed by atoms with E-state index in [0.717, 1.165) is 12.8 Å². The molecule has 0 aromatic heterocycles. The highest BCUT2D eigenvalue weighted by molar-refractivity contribution is 7.47. The Balaban J connectivity index is 3.43. The second kappa shape index (κ2) is 11.9. The zero-order valence-electron chi connectivity index (χ0n) is 12.8. The van der Waals surface area contributed by atoms with E-state index in [0.29, 0.717) is 0 Å². The van der Waals surface area contributed by atoms with Crippen LogP contribution in [0.2, 0.25) is 0 Å². The first-order valence-electron chi connectivity index (χ1n) is 7.67. The Labute approximate surface area is 118 Å². The third-order valence-corrected chi connectivity index (χ3v) is 4.28. The fraction of sp³-hybridized carbons (Fsp3) is 1.00. The highest BCUT2D eigenvalue weighted by atomic mass is 31.2. The molecule has 0 spiro atoms. The lowest BCUT2D eigenvalue weighted by atomic mass is 10.1. The van der Waals surface area contributed by atoms with Gasteiger partial charge in [-0.15, -0.1) is 0 Å². The van der Waals surface area contributed by atoms with Crippen molar-refractivity contribution in [2.45, 2.75) is 84.7 Å². The van der Waals surface area contributed by atoms with Crippen molar-refractivity contribution in [1.29, 1.82) is 0 Å². The molecular weight excluding hydrogens is 263 g/mol. The van der Waals surface area contributed by atoms with Crippen molar-refractivity contribution in [3.05, 3.63) is 0 Å². The largest absolute Gasteiger partial charge is 0.472 e. The number of rotatable bonds is 13. The number of hydrogen-bond acceptors (Lipinski definition) is 3. The summed E-state index contributed by atoms with van der Waals surface area (Å²) in [5, 5.41) is 0. The van der Waals surface area contributed by atoms with Crippen molar-refractivity contribution < 1.29 is 18.5 Å². The Morgan fingerprint density at radius 1 is 1.00 bits per heavy atom. The van der Waals surface area contributed by atoms with Gasteiger partial charge in [0.25, 0.3) is 0 Å². The van der Waals surface area contributed by atoms with Gasteiger partial charge in [0, 0.05) is 0 Å². The molecule has 0 aliphatic carbocycles. The van der Waals surface area contributed by atoms with Crippen LogP contribution in [-0.4, -0.2) is 17.6 Å². The third-order valence-electron chi connectivity index (χ3n) is 3.07. The van der Waals surface area contributed by atoms with Crippen molar-refractivity contribution in [2.24, 2.45) is 0 Å². The highest BCUT2D eigenvalue weighted by Crippen LogP contribution is 2.44. The number of phosphoric ester groups is 1. The summed E-state index contributed by atoms with van der Waals surface area (Å²) in [6.07, 6.45) is 10.7. The lowest BCUT2D eigenvalue weighted by Gasteiger charge is -2.16. The molecule has 0 aromatic rings. The van der Waals surface area contributed by atoms with Crippen molar-refractivity contribution in [1.82, 2.24) is 0 Å². The summed E-state index contributed by atoms with van der Waals surface area (Å²) in [5.41, 5.74) is 0. The van der Waals surface area contributed by atoms with E-state index in [1.54, 1.807) is 6.92 Å². The van der Waals surface area contributed by atoms with Crippen LogP contribution in [0.3, 0.4) is 0 Å². The quantitative estimate of drug-likeness (QED) is 0.381. The molecule has 0 amide bonds. The second-order valence-electron chi connectivity index (χ2n) is 5.07. The van der Waals surface area contributed by atoms with Crippen LogP contribution in [0.1, 0.15) is 78.6 Å². The van der Waals surface area contributed by atoms with Gasteiger partial charge >= 0.3 is 7.82 Å². The lowest BCUT2D eigenvalue weighted by Crippen LogP contribution is -2.07. The summed E-state index contributed by atoms with van der Waals surface area (Å²) in [5.74, 6) is 0. The van der Waals surface area contributed by atoms with Crippen molar-refractivity contribution in [3.63, 3.8) is 0 Å². The van der Waals surface area contributed by atoms with Crippen LogP contribution in [0, 0.1) is 0 Å². The molecule has 5 heteroatoms. The summed E-state index contributed by atoms with van der Waals surface area (Å²) >= 11 is 0. The lowest BCUT2D eigenvalue weighted by molar-refractivity contribution is 0.110. The van der Waals surface area contributed by atoms with Crippen LogP contribution in [0.4, 0.5) is 0 Å². The Kier molecular flexibility index (Phi) is 12.0. The Hall–Kier alpha value is 0.110. The van der Waals surface area contributed by atoms with E-state index in [-0.39, 0.29) is 12.7 Å². The van der Waals surface area contributed by atoms with Gasteiger partial charge in [-0.3, -0.25) is 9.05 Å². The van der Waals surface area contributed by atoms with E-state index in [1.807, 2.05) is 6.92 Å². The maximum atomic E-state index is 11.4. The van der Waals surface area contributed by atoms with Gasteiger partial charge in [-0.05, 0) is 20.3 Å². The molecular formula is C14H31O4P. The highest BCUT2D eigenvalue weighted by Gasteiger charge is 2.23. The summed E-state index contributed by atoms with van der Waals surface area (Å²) in [7, 11) is -3.82. The fourth-order valence-electron chi connectivity index (χ4n) is 2.04. The average molecular weight is 294 g/mol. The minimum Gasteiger partial charge on any atom is -0.302 e. The molecule has 19 heavy (non-hydrogen) atoms. The summed E-state index contributed by atoms with van der Waals surface area (Å²) in [4.78, 5) is 9.32. The predicted octanol–water partition coefficient (Wildman–Crippen LogP) is 5.06. The maximum absolute atomic E-state index is 11.4. The monoisotopic (exact) mass is 294 g/mol. The summed E-state index contributed by atoms with van der Waals surface area (Å²) in [6.45, 7) is 5.92. The Morgan fingerprint density at radius 2 is 1.53 bits per heavy atom. The molecule has 1 N–H and O–H groups in total. The zero-order chi connectivity index (χ0) is 14.6. The molecule has 0 heterocycles. The minimum absolute atomic E-state index is 0.193. The van der Waals surface area contributed by atoms with Gasteiger partial charge in [-0.2, -0.15) is 0 Å². The van der Waals surface area contributed by atoms with Crippen LogP contribution < -0.4 is 0 Å². The molecule has 0 saturated heterocycles. The van der Waals surface area contributed by atoms with Gasteiger partial charge in [0.15, 0.2) is 0 Å². The summed E-state index contributed by atoms with van der Waals surface area (Å²) < 4.78 is 21.1. The molecule has 2 atom stereocenters. The van der Waals surface area contributed by atoms with Gasteiger partial charge in [0.2, 0.25) is 0 Å². The molecule has 0 saturated carbocycles. The van der Waals surface area contributed by atoms with Gasteiger partial charge in [-0.1, -0.05) is 58.3 Å². The molecule has 0 bridgehead atoms. The van der Waals surface area contributed by atoms with E-state index < -0.39 is 7.82 Å². The SMILES string of the molecule is CCCCCCCCCCC(C)OP(=O)(O)OCC. The average Bonchev–Trinajstić information content (AvgIpc) is 2.31. The molecule has 2 unspecified atom stereocenters. The van der Waals surface area contributed by atoms with E-state index in [4.69, 9.17) is 4.52 Å². The number of unbranched alkanes of at least 4 members (excludes halogenated alkanes) is 7. The molecule has 0 aromatic carbocycles. The van der Waals surface area contributed by atoms with E-state index in [2.05, 4.69) is 11.4 Å². The smallest absolute Gasteiger partial charge is 0.302 e. The van der Waals surface area contributed by atoms with E-state index >= 15 is 0 Å². The molecule has 0 radical (unpaired) electrons. The Bertz CT molecular complexity index is 246. The van der Waals surface area contributed by atoms with Crippen LogP contribution in [-0.2, 0) is 13.6 Å².